The van der Waals surface area contributed by atoms with Crippen molar-refractivity contribution in [2.45, 2.75) is 44.6 Å². The summed E-state index contributed by atoms with van der Waals surface area (Å²) >= 11 is 0. The Morgan fingerprint density at radius 1 is 1.30 bits per heavy atom. The molecular weight excluding hydrogens is 254 g/mol. The summed E-state index contributed by atoms with van der Waals surface area (Å²) < 4.78 is 0. The van der Waals surface area contributed by atoms with Crippen LogP contribution >= 0.6 is 0 Å². The maximum atomic E-state index is 12.0. The maximum Gasteiger partial charge on any atom is 0.319 e. The molecule has 0 aliphatic heterocycles. The fourth-order valence-electron chi connectivity index (χ4n) is 2.87. The number of carbonyl (C=O) groups is 1. The van der Waals surface area contributed by atoms with Crippen molar-refractivity contribution in [3.63, 3.8) is 0 Å². The number of nitrogens with zero attached hydrogens (tertiary/aromatic N) is 1. The number of aromatic nitrogens is 1. The third kappa shape index (κ3) is 4.49. The Bertz CT molecular complexity index is 405. The van der Waals surface area contributed by atoms with Crippen LogP contribution in [0.15, 0.2) is 24.5 Å². The molecule has 1 aliphatic rings. The highest BCUT2D eigenvalue weighted by Gasteiger charge is 2.24. The number of amides is 2. The van der Waals surface area contributed by atoms with Crippen molar-refractivity contribution in [2.75, 3.05) is 11.9 Å². The third-order valence-electron chi connectivity index (χ3n) is 3.91. The highest BCUT2D eigenvalue weighted by molar-refractivity contribution is 5.89. The van der Waals surface area contributed by atoms with E-state index in [0.717, 1.165) is 18.5 Å². The zero-order valence-corrected chi connectivity index (χ0v) is 11.7. The van der Waals surface area contributed by atoms with E-state index in [2.05, 4.69) is 15.6 Å². The molecule has 2 amide bonds. The number of aliphatic hydroxyl groups excluding tert-OH is 1. The molecule has 0 unspecified atom stereocenters. The average Bonchev–Trinajstić information content (AvgIpc) is 2.49. The van der Waals surface area contributed by atoms with Crippen LogP contribution in [0.5, 0.6) is 0 Å². The molecule has 5 nitrogen and oxygen atoms in total. The summed E-state index contributed by atoms with van der Waals surface area (Å²) in [5.74, 6) is 0.485. The Labute approximate surface area is 119 Å². The second-order valence-corrected chi connectivity index (χ2v) is 5.35. The lowest BCUT2D eigenvalue weighted by molar-refractivity contribution is 0.202. The largest absolute Gasteiger partial charge is 0.396 e. The summed E-state index contributed by atoms with van der Waals surface area (Å²) in [6.07, 6.45) is 9.91. The summed E-state index contributed by atoms with van der Waals surface area (Å²) in [5, 5.41) is 15.0. The fraction of sp³-hybridized carbons (Fsp3) is 0.600. The first-order valence-electron chi connectivity index (χ1n) is 7.38. The van der Waals surface area contributed by atoms with Crippen molar-refractivity contribution in [3.8, 4) is 0 Å². The SMILES string of the molecule is O=C(Nc1ccncc1)N[C@@H](CCO)C1CCCCC1. The molecule has 0 bridgehead atoms. The minimum Gasteiger partial charge on any atom is -0.396 e. The van der Waals surface area contributed by atoms with Gasteiger partial charge >= 0.3 is 6.03 Å². The van der Waals surface area contributed by atoms with Crippen LogP contribution in [0.1, 0.15) is 38.5 Å². The van der Waals surface area contributed by atoms with Crippen LogP contribution in [0.2, 0.25) is 0 Å². The van der Waals surface area contributed by atoms with Gasteiger partial charge in [0.05, 0.1) is 0 Å². The van der Waals surface area contributed by atoms with Gasteiger partial charge < -0.3 is 15.7 Å². The Hall–Kier alpha value is -1.62. The van der Waals surface area contributed by atoms with E-state index in [1.165, 1.54) is 19.3 Å². The summed E-state index contributed by atoms with van der Waals surface area (Å²) in [6.45, 7) is 0.108. The number of hydrogen-bond donors (Lipinski definition) is 3. The number of rotatable bonds is 5. The van der Waals surface area contributed by atoms with Crippen LogP contribution in [0.3, 0.4) is 0 Å². The zero-order chi connectivity index (χ0) is 14.2. The van der Waals surface area contributed by atoms with Gasteiger partial charge in [-0.3, -0.25) is 4.98 Å². The molecule has 1 atom stereocenters. The van der Waals surface area contributed by atoms with E-state index in [9.17, 15) is 9.90 Å². The van der Waals surface area contributed by atoms with Crippen molar-refractivity contribution in [1.82, 2.24) is 10.3 Å². The minimum atomic E-state index is -0.208. The zero-order valence-electron chi connectivity index (χ0n) is 11.7. The van der Waals surface area contributed by atoms with Gasteiger partial charge in [0, 0.05) is 30.7 Å². The molecule has 0 saturated heterocycles. The maximum absolute atomic E-state index is 12.0. The lowest BCUT2D eigenvalue weighted by atomic mass is 9.83. The molecule has 0 spiro atoms. The molecule has 1 saturated carbocycles. The molecule has 0 radical (unpaired) electrons. The second-order valence-electron chi connectivity index (χ2n) is 5.35. The Morgan fingerprint density at radius 3 is 2.65 bits per heavy atom. The number of pyridine rings is 1. The van der Waals surface area contributed by atoms with Crippen molar-refractivity contribution in [2.24, 2.45) is 5.92 Å². The molecule has 1 fully saturated rings. The predicted octanol–water partition coefficient (Wildman–Crippen LogP) is 2.53. The van der Waals surface area contributed by atoms with E-state index in [1.807, 2.05) is 0 Å². The van der Waals surface area contributed by atoms with Crippen molar-refractivity contribution >= 4 is 11.7 Å². The van der Waals surface area contributed by atoms with E-state index in [0.29, 0.717) is 12.3 Å². The van der Waals surface area contributed by atoms with Gasteiger partial charge in [-0.15, -0.1) is 0 Å². The van der Waals surface area contributed by atoms with Crippen LogP contribution in [0, 0.1) is 5.92 Å². The van der Waals surface area contributed by atoms with E-state index in [1.54, 1.807) is 24.5 Å². The van der Waals surface area contributed by atoms with E-state index in [-0.39, 0.29) is 18.7 Å². The van der Waals surface area contributed by atoms with Gasteiger partial charge in [-0.25, -0.2) is 4.79 Å². The number of aliphatic hydroxyl groups is 1. The molecule has 20 heavy (non-hydrogen) atoms. The third-order valence-corrected chi connectivity index (χ3v) is 3.91. The fourth-order valence-corrected chi connectivity index (χ4v) is 2.87. The Morgan fingerprint density at radius 2 is 2.00 bits per heavy atom. The normalized spacial score (nSPS) is 17.4. The van der Waals surface area contributed by atoms with E-state index in [4.69, 9.17) is 0 Å². The van der Waals surface area contributed by atoms with E-state index < -0.39 is 0 Å². The molecule has 1 aromatic heterocycles. The summed E-state index contributed by atoms with van der Waals surface area (Å²) in [5.41, 5.74) is 0.726. The van der Waals surface area contributed by atoms with Gasteiger partial charge in [-0.1, -0.05) is 19.3 Å². The van der Waals surface area contributed by atoms with Crippen molar-refractivity contribution in [1.29, 1.82) is 0 Å². The topological polar surface area (TPSA) is 74.2 Å². The minimum absolute atomic E-state index is 0.0575. The molecule has 1 aliphatic carbocycles. The molecule has 0 aromatic carbocycles. The number of nitrogens with one attached hydrogen (secondary N) is 2. The lowest BCUT2D eigenvalue weighted by Crippen LogP contribution is -2.43. The highest BCUT2D eigenvalue weighted by atomic mass is 16.3. The standard InChI is InChI=1S/C15H23N3O2/c19-11-8-14(12-4-2-1-3-5-12)18-15(20)17-13-6-9-16-10-7-13/h6-7,9-10,12,14,19H,1-5,8,11H2,(H2,16,17,18,20)/t14-/m0/s1. The number of anilines is 1. The first kappa shape index (κ1) is 14.8. The number of hydrogen-bond acceptors (Lipinski definition) is 3. The van der Waals surface area contributed by atoms with E-state index >= 15 is 0 Å². The van der Waals surface area contributed by atoms with Gasteiger partial charge in [-0.2, -0.15) is 0 Å². The monoisotopic (exact) mass is 277 g/mol. The van der Waals surface area contributed by atoms with Gasteiger partial charge in [0.1, 0.15) is 0 Å². The van der Waals surface area contributed by atoms with Crippen LogP contribution < -0.4 is 10.6 Å². The molecule has 110 valence electrons. The van der Waals surface area contributed by atoms with Crippen LogP contribution in [0.4, 0.5) is 10.5 Å². The molecule has 1 heterocycles. The van der Waals surface area contributed by atoms with Crippen molar-refractivity contribution < 1.29 is 9.90 Å². The summed E-state index contributed by atoms with van der Waals surface area (Å²) in [4.78, 5) is 15.9. The Kier molecular flexibility index (Phi) is 5.80. The van der Waals surface area contributed by atoms with Gasteiger partial charge in [-0.05, 0) is 37.3 Å². The van der Waals surface area contributed by atoms with Crippen LogP contribution in [-0.2, 0) is 0 Å². The first-order chi connectivity index (χ1) is 9.79. The molecule has 2 rings (SSSR count). The molecule has 5 heteroatoms. The highest BCUT2D eigenvalue weighted by Crippen LogP contribution is 2.27. The quantitative estimate of drug-likeness (QED) is 0.774. The van der Waals surface area contributed by atoms with Crippen LogP contribution in [0.25, 0.3) is 0 Å². The molecule has 1 aromatic rings. The smallest absolute Gasteiger partial charge is 0.319 e. The lowest BCUT2D eigenvalue weighted by Gasteiger charge is -2.30. The molecular formula is C15H23N3O2. The summed E-state index contributed by atoms with van der Waals surface area (Å²) in [7, 11) is 0. The number of urea groups is 1. The van der Waals surface area contributed by atoms with Crippen LogP contribution in [-0.4, -0.2) is 28.8 Å². The van der Waals surface area contributed by atoms with Gasteiger partial charge in [0.25, 0.3) is 0 Å². The number of carbonyl (C=O) groups excluding carboxylic acids is 1. The molecule has 3 N–H and O–H groups in total. The van der Waals surface area contributed by atoms with Crippen molar-refractivity contribution in [3.05, 3.63) is 24.5 Å². The average molecular weight is 277 g/mol. The predicted molar refractivity (Wildman–Crippen MR) is 78.5 cm³/mol. The van der Waals surface area contributed by atoms with Gasteiger partial charge in [0.15, 0.2) is 0 Å². The Balaban J connectivity index is 1.88. The summed E-state index contributed by atoms with van der Waals surface area (Å²) in [6, 6.07) is 3.35. The van der Waals surface area contributed by atoms with Gasteiger partial charge in [0.2, 0.25) is 0 Å². The first-order valence-corrected chi connectivity index (χ1v) is 7.38. The second kappa shape index (κ2) is 7.85.